The molecule has 3 aliphatic heterocycles. The number of hydrogen-bond donors (Lipinski definition) is 0. The normalized spacial score (nSPS) is 26.8. The van der Waals surface area contributed by atoms with Crippen LogP contribution in [0.3, 0.4) is 0 Å². The lowest BCUT2D eigenvalue weighted by Crippen LogP contribution is -2.43. The summed E-state index contributed by atoms with van der Waals surface area (Å²) < 4.78 is 0. The van der Waals surface area contributed by atoms with Gasteiger partial charge in [0.15, 0.2) is 0 Å². The van der Waals surface area contributed by atoms with E-state index in [1.807, 2.05) is 28.0 Å². The second-order valence-corrected chi connectivity index (χ2v) is 9.26. The van der Waals surface area contributed by atoms with Crippen molar-refractivity contribution in [1.29, 1.82) is 0 Å². The number of amides is 3. The Balaban J connectivity index is 1.29. The predicted molar refractivity (Wildman–Crippen MR) is 111 cm³/mol. The molecule has 6 heteroatoms. The van der Waals surface area contributed by atoms with Crippen LogP contribution >= 0.6 is 0 Å². The van der Waals surface area contributed by atoms with E-state index in [1.165, 1.54) is 6.42 Å². The molecule has 0 aromatic heterocycles. The molecule has 3 fully saturated rings. The lowest BCUT2D eigenvalue weighted by molar-refractivity contribution is -0.137. The van der Waals surface area contributed by atoms with Crippen LogP contribution < -0.4 is 9.80 Å². The van der Waals surface area contributed by atoms with Crippen LogP contribution in [0.15, 0.2) is 18.2 Å². The molecule has 5 rings (SSSR count). The molecule has 0 bridgehead atoms. The number of nitrogens with zero attached hydrogens (tertiary/aromatic N) is 3. The van der Waals surface area contributed by atoms with Crippen molar-refractivity contribution >= 4 is 29.1 Å². The Bertz CT molecular complexity index is 863. The molecule has 3 amide bonds. The van der Waals surface area contributed by atoms with Gasteiger partial charge in [-0.05, 0) is 61.8 Å². The molecule has 2 saturated heterocycles. The fourth-order valence-electron chi connectivity index (χ4n) is 5.11. The number of anilines is 2. The maximum absolute atomic E-state index is 12.9. The zero-order valence-corrected chi connectivity index (χ0v) is 17.1. The number of carbonyl (C=O) groups is 3. The molecule has 0 unspecified atom stereocenters. The van der Waals surface area contributed by atoms with E-state index in [2.05, 4.69) is 6.92 Å². The Kier molecular flexibility index (Phi) is 4.60. The third-order valence-electron chi connectivity index (χ3n) is 6.91. The molecule has 1 aromatic rings. The highest BCUT2D eigenvalue weighted by Gasteiger charge is 2.39. The van der Waals surface area contributed by atoms with Crippen LogP contribution in [0.2, 0.25) is 0 Å². The van der Waals surface area contributed by atoms with E-state index < -0.39 is 0 Å². The highest BCUT2D eigenvalue weighted by atomic mass is 16.2. The van der Waals surface area contributed by atoms with Crippen molar-refractivity contribution in [2.45, 2.75) is 45.4 Å². The minimum absolute atomic E-state index is 0.0252. The first-order valence-electron chi connectivity index (χ1n) is 11.0. The van der Waals surface area contributed by atoms with E-state index >= 15 is 0 Å². The maximum Gasteiger partial charge on any atom is 0.230 e. The van der Waals surface area contributed by atoms with E-state index in [-0.39, 0.29) is 29.6 Å². The van der Waals surface area contributed by atoms with Crippen LogP contribution in [0, 0.1) is 17.8 Å². The molecule has 154 valence electrons. The second-order valence-electron chi connectivity index (χ2n) is 9.26. The topological polar surface area (TPSA) is 60.9 Å². The predicted octanol–water partition coefficient (Wildman–Crippen LogP) is 2.60. The van der Waals surface area contributed by atoms with Crippen molar-refractivity contribution in [3.8, 4) is 0 Å². The van der Waals surface area contributed by atoms with Crippen LogP contribution in [0.4, 0.5) is 11.4 Å². The standard InChI is InChI=1S/C23H29N3O3/c1-15-3-2-9-24(13-15)22(28)18-12-21(27)26(14-18)19-6-7-20-17(11-19)8-10-25(20)23(29)16-4-5-16/h6-7,11,15-16,18H,2-5,8-10,12-14H2,1H3/t15-,18-/m1/s1. The molecule has 1 saturated carbocycles. The summed E-state index contributed by atoms with van der Waals surface area (Å²) in [6, 6.07) is 5.96. The lowest BCUT2D eigenvalue weighted by Gasteiger charge is -2.32. The first kappa shape index (κ1) is 18.6. The number of rotatable bonds is 3. The molecule has 6 nitrogen and oxygen atoms in total. The summed E-state index contributed by atoms with van der Waals surface area (Å²) >= 11 is 0. The third-order valence-corrected chi connectivity index (χ3v) is 6.91. The zero-order chi connectivity index (χ0) is 20.1. The number of fused-ring (bicyclic) bond motifs is 1. The molecule has 1 aliphatic carbocycles. The Morgan fingerprint density at radius 2 is 1.83 bits per heavy atom. The number of piperidine rings is 1. The van der Waals surface area contributed by atoms with Crippen molar-refractivity contribution in [2.24, 2.45) is 17.8 Å². The number of carbonyl (C=O) groups excluding carboxylic acids is 3. The van der Waals surface area contributed by atoms with Gasteiger partial charge in [0.25, 0.3) is 0 Å². The number of benzene rings is 1. The molecular formula is C23H29N3O3. The van der Waals surface area contributed by atoms with Gasteiger partial charge in [0.2, 0.25) is 17.7 Å². The first-order chi connectivity index (χ1) is 14.0. The smallest absolute Gasteiger partial charge is 0.230 e. The Morgan fingerprint density at radius 3 is 2.59 bits per heavy atom. The van der Waals surface area contributed by atoms with Crippen molar-refractivity contribution < 1.29 is 14.4 Å². The molecule has 1 aromatic carbocycles. The summed E-state index contributed by atoms with van der Waals surface area (Å²) in [6.45, 7) is 5.01. The second kappa shape index (κ2) is 7.15. The molecule has 3 heterocycles. The fraction of sp³-hybridized carbons (Fsp3) is 0.609. The van der Waals surface area contributed by atoms with E-state index in [9.17, 15) is 14.4 Å². The van der Waals surface area contributed by atoms with Crippen LogP contribution in [-0.2, 0) is 20.8 Å². The van der Waals surface area contributed by atoms with E-state index in [0.29, 0.717) is 18.9 Å². The molecular weight excluding hydrogens is 366 g/mol. The number of hydrogen-bond acceptors (Lipinski definition) is 3. The summed E-state index contributed by atoms with van der Waals surface area (Å²) in [4.78, 5) is 43.8. The van der Waals surface area contributed by atoms with Gasteiger partial charge in [-0.1, -0.05) is 6.92 Å². The minimum atomic E-state index is -0.242. The molecule has 0 N–H and O–H groups in total. The average Bonchev–Trinajstić information content (AvgIpc) is 3.37. The van der Waals surface area contributed by atoms with Crippen molar-refractivity contribution in [3.05, 3.63) is 23.8 Å². The minimum Gasteiger partial charge on any atom is -0.342 e. The highest BCUT2D eigenvalue weighted by Crippen LogP contribution is 2.38. The molecule has 2 atom stereocenters. The third kappa shape index (κ3) is 3.43. The van der Waals surface area contributed by atoms with E-state index in [4.69, 9.17) is 0 Å². The van der Waals surface area contributed by atoms with Crippen LogP contribution in [-0.4, -0.2) is 48.8 Å². The lowest BCUT2D eigenvalue weighted by atomic mass is 9.98. The molecule has 0 spiro atoms. The van der Waals surface area contributed by atoms with Gasteiger partial charge < -0.3 is 14.7 Å². The van der Waals surface area contributed by atoms with Crippen molar-refractivity contribution in [2.75, 3.05) is 36.0 Å². The van der Waals surface area contributed by atoms with E-state index in [0.717, 1.165) is 62.3 Å². The van der Waals surface area contributed by atoms with Gasteiger partial charge in [0.05, 0.1) is 5.92 Å². The summed E-state index contributed by atoms with van der Waals surface area (Å²) in [5.74, 6) is 0.917. The first-order valence-corrected chi connectivity index (χ1v) is 11.0. The quantitative estimate of drug-likeness (QED) is 0.790. The van der Waals surface area contributed by atoms with Crippen LogP contribution in [0.25, 0.3) is 0 Å². The average molecular weight is 396 g/mol. The van der Waals surface area contributed by atoms with Crippen molar-refractivity contribution in [3.63, 3.8) is 0 Å². The van der Waals surface area contributed by atoms with Crippen molar-refractivity contribution in [1.82, 2.24) is 4.90 Å². The Labute approximate surface area is 171 Å². The van der Waals surface area contributed by atoms with Gasteiger partial charge in [-0.2, -0.15) is 0 Å². The molecule has 0 radical (unpaired) electrons. The van der Waals surface area contributed by atoms with Gasteiger partial charge in [-0.25, -0.2) is 0 Å². The van der Waals surface area contributed by atoms with Gasteiger partial charge in [-0.15, -0.1) is 0 Å². The van der Waals surface area contributed by atoms with Gasteiger partial charge in [0.1, 0.15) is 0 Å². The van der Waals surface area contributed by atoms with Crippen LogP contribution in [0.5, 0.6) is 0 Å². The summed E-state index contributed by atoms with van der Waals surface area (Å²) in [5.41, 5.74) is 2.98. The Hall–Kier alpha value is -2.37. The maximum atomic E-state index is 12.9. The largest absolute Gasteiger partial charge is 0.342 e. The Morgan fingerprint density at radius 1 is 1.00 bits per heavy atom. The van der Waals surface area contributed by atoms with Gasteiger partial charge in [0, 0.05) is 49.9 Å². The SMILES string of the molecule is C[C@@H]1CCCN(C(=O)[C@@H]2CC(=O)N(c3ccc4c(c3)CCN4C(=O)C3CC3)C2)C1. The number of likely N-dealkylation sites (tertiary alicyclic amines) is 1. The van der Waals surface area contributed by atoms with E-state index in [1.54, 1.807) is 4.90 Å². The molecule has 29 heavy (non-hydrogen) atoms. The summed E-state index contributed by atoms with van der Waals surface area (Å²) in [7, 11) is 0. The van der Waals surface area contributed by atoms with Gasteiger partial charge >= 0.3 is 0 Å². The summed E-state index contributed by atoms with van der Waals surface area (Å²) in [5, 5.41) is 0. The monoisotopic (exact) mass is 395 g/mol. The van der Waals surface area contributed by atoms with Gasteiger partial charge in [-0.3, -0.25) is 14.4 Å². The highest BCUT2D eigenvalue weighted by molar-refractivity contribution is 6.02. The van der Waals surface area contributed by atoms with Crippen LogP contribution in [0.1, 0.15) is 44.6 Å². The zero-order valence-electron chi connectivity index (χ0n) is 17.1. The fourth-order valence-corrected chi connectivity index (χ4v) is 5.11. The molecule has 4 aliphatic rings. The summed E-state index contributed by atoms with van der Waals surface area (Å²) in [6.07, 6.45) is 5.38.